The zero-order valence-electron chi connectivity index (χ0n) is 9.42. The first-order valence-electron chi connectivity index (χ1n) is 5.76. The molecule has 2 aromatic heterocycles. The monoisotopic (exact) mass is 268 g/mol. The van der Waals surface area contributed by atoms with Gasteiger partial charge in [0, 0.05) is 11.4 Å². The highest BCUT2D eigenvalue weighted by Gasteiger charge is 2.36. The average Bonchev–Trinajstić information content (AvgIpc) is 2.77. The molecule has 0 aromatic carbocycles. The number of carbonyl (C=O) groups is 1. The van der Waals surface area contributed by atoms with Crippen LogP contribution in [0.15, 0.2) is 12.1 Å². The Bertz CT molecular complexity index is 543. The maximum Gasteiger partial charge on any atom is 0.267 e. The quantitative estimate of drug-likeness (QED) is 0.880. The normalized spacial score (nSPS) is 22.9. The van der Waals surface area contributed by atoms with E-state index in [-0.39, 0.29) is 5.91 Å². The van der Waals surface area contributed by atoms with Crippen LogP contribution < -0.4 is 5.32 Å². The van der Waals surface area contributed by atoms with E-state index in [1.54, 1.807) is 0 Å². The van der Waals surface area contributed by atoms with Crippen molar-refractivity contribution in [1.29, 1.82) is 0 Å². The summed E-state index contributed by atoms with van der Waals surface area (Å²) in [4.78, 5) is 16.0. The number of hydrogen-bond acceptors (Lipinski definition) is 2. The van der Waals surface area contributed by atoms with Gasteiger partial charge in [0.15, 0.2) is 0 Å². The van der Waals surface area contributed by atoms with E-state index >= 15 is 0 Å². The Morgan fingerprint density at radius 1 is 1.65 bits per heavy atom. The van der Waals surface area contributed by atoms with Gasteiger partial charge in [-0.25, -0.2) is 0 Å². The lowest BCUT2D eigenvalue weighted by Crippen LogP contribution is -2.26. The number of hydrogen-bond donors (Lipinski definition) is 2. The summed E-state index contributed by atoms with van der Waals surface area (Å²) in [5.41, 5.74) is 0.629. The molecule has 90 valence electrons. The molecule has 17 heavy (non-hydrogen) atoms. The maximum absolute atomic E-state index is 11.9. The van der Waals surface area contributed by atoms with Crippen LogP contribution in [0.5, 0.6) is 0 Å². The first-order chi connectivity index (χ1) is 8.17. The number of aromatic amines is 1. The van der Waals surface area contributed by atoms with Crippen molar-refractivity contribution in [3.8, 4) is 0 Å². The number of aromatic nitrogens is 1. The van der Waals surface area contributed by atoms with E-state index in [2.05, 4.69) is 17.2 Å². The van der Waals surface area contributed by atoms with Crippen LogP contribution >= 0.6 is 22.9 Å². The molecule has 0 saturated heterocycles. The molecule has 1 saturated carbocycles. The van der Waals surface area contributed by atoms with Crippen LogP contribution in [0, 0.1) is 5.92 Å². The van der Waals surface area contributed by atoms with Gasteiger partial charge in [-0.2, -0.15) is 0 Å². The highest BCUT2D eigenvalue weighted by Crippen LogP contribution is 2.34. The largest absolute Gasteiger partial charge is 0.348 e. The summed E-state index contributed by atoms with van der Waals surface area (Å²) in [6.07, 6.45) is 2.25. The summed E-state index contributed by atoms with van der Waals surface area (Å²) in [7, 11) is 0. The van der Waals surface area contributed by atoms with Crippen molar-refractivity contribution >= 4 is 39.1 Å². The molecule has 2 N–H and O–H groups in total. The minimum absolute atomic E-state index is 0.00882. The molecule has 0 unspecified atom stereocenters. The van der Waals surface area contributed by atoms with Gasteiger partial charge in [-0.15, -0.1) is 11.3 Å². The van der Waals surface area contributed by atoms with E-state index in [1.165, 1.54) is 11.3 Å². The second-order valence-electron chi connectivity index (χ2n) is 4.50. The molecule has 5 heteroatoms. The molecule has 3 nitrogen and oxygen atoms in total. The average molecular weight is 269 g/mol. The van der Waals surface area contributed by atoms with Gasteiger partial charge in [-0.1, -0.05) is 24.9 Å². The maximum atomic E-state index is 11.9. The van der Waals surface area contributed by atoms with Crippen molar-refractivity contribution in [2.24, 2.45) is 5.92 Å². The van der Waals surface area contributed by atoms with Crippen molar-refractivity contribution < 1.29 is 4.79 Å². The van der Waals surface area contributed by atoms with Crippen molar-refractivity contribution in [3.63, 3.8) is 0 Å². The highest BCUT2D eigenvalue weighted by atomic mass is 35.5. The van der Waals surface area contributed by atoms with Gasteiger partial charge in [0.25, 0.3) is 5.91 Å². The Balaban J connectivity index is 1.74. The molecular weight excluding hydrogens is 256 g/mol. The van der Waals surface area contributed by atoms with E-state index in [0.717, 1.165) is 27.4 Å². The Hall–Kier alpha value is -1.00. The summed E-state index contributed by atoms with van der Waals surface area (Å²) in [5, 5.41) is 4.05. The van der Waals surface area contributed by atoms with Crippen molar-refractivity contribution in [2.45, 2.75) is 25.8 Å². The molecule has 0 bridgehead atoms. The number of H-pyrrole nitrogens is 1. The Labute approximate surface area is 108 Å². The summed E-state index contributed by atoms with van der Waals surface area (Å²) in [6, 6.07) is 4.11. The van der Waals surface area contributed by atoms with Crippen LogP contribution in [-0.2, 0) is 0 Å². The molecule has 1 amide bonds. The fourth-order valence-electron chi connectivity index (χ4n) is 2.14. The number of thiophene rings is 1. The van der Waals surface area contributed by atoms with Crippen LogP contribution in [0.1, 0.15) is 30.3 Å². The van der Waals surface area contributed by atoms with Crippen LogP contribution in [0.4, 0.5) is 0 Å². The van der Waals surface area contributed by atoms with Gasteiger partial charge in [-0.3, -0.25) is 4.79 Å². The van der Waals surface area contributed by atoms with Gasteiger partial charge in [0.1, 0.15) is 10.5 Å². The molecule has 2 heterocycles. The fraction of sp³-hybridized carbons (Fsp3) is 0.417. The third-order valence-corrected chi connectivity index (χ3v) is 4.48. The molecule has 0 aliphatic heterocycles. The SMILES string of the molecule is CC[C@@H]1C[C@H]1NC(=O)c1cc2cc(Cl)sc2[nH]1. The minimum Gasteiger partial charge on any atom is -0.348 e. The van der Waals surface area contributed by atoms with Crippen LogP contribution in [-0.4, -0.2) is 16.9 Å². The molecule has 1 aliphatic rings. The molecule has 3 rings (SSSR count). The van der Waals surface area contributed by atoms with Gasteiger partial charge in [0.2, 0.25) is 0 Å². The number of nitrogens with one attached hydrogen (secondary N) is 2. The fourth-order valence-corrected chi connectivity index (χ4v) is 3.26. The second-order valence-corrected chi connectivity index (χ2v) is 6.19. The number of amides is 1. The molecular formula is C12H13ClN2OS. The summed E-state index contributed by atoms with van der Waals surface area (Å²) < 4.78 is 0.742. The van der Waals surface area contributed by atoms with E-state index in [1.807, 2.05) is 12.1 Å². The van der Waals surface area contributed by atoms with Gasteiger partial charge in [-0.05, 0) is 24.5 Å². The third kappa shape index (κ3) is 2.07. The first kappa shape index (κ1) is 11.1. The predicted octanol–water partition coefficient (Wildman–Crippen LogP) is 3.41. The first-order valence-corrected chi connectivity index (χ1v) is 6.95. The zero-order chi connectivity index (χ0) is 12.0. The van der Waals surface area contributed by atoms with Gasteiger partial charge < -0.3 is 10.3 Å². The summed E-state index contributed by atoms with van der Waals surface area (Å²) in [6.45, 7) is 2.16. The van der Waals surface area contributed by atoms with Crippen molar-refractivity contribution in [2.75, 3.05) is 0 Å². The van der Waals surface area contributed by atoms with E-state index < -0.39 is 0 Å². The Morgan fingerprint density at radius 3 is 3.12 bits per heavy atom. The van der Waals surface area contributed by atoms with Gasteiger partial charge in [0.05, 0.1) is 4.34 Å². The smallest absolute Gasteiger partial charge is 0.267 e. The van der Waals surface area contributed by atoms with E-state index in [0.29, 0.717) is 17.7 Å². The van der Waals surface area contributed by atoms with Crippen LogP contribution in [0.2, 0.25) is 4.34 Å². The number of rotatable bonds is 3. The Kier molecular flexibility index (Phi) is 2.64. The molecule has 0 spiro atoms. The predicted molar refractivity (Wildman–Crippen MR) is 70.8 cm³/mol. The third-order valence-electron chi connectivity index (χ3n) is 3.29. The molecule has 2 aromatic rings. The lowest BCUT2D eigenvalue weighted by Gasteiger charge is -2.01. The molecule has 1 fully saturated rings. The number of carbonyl (C=O) groups excluding carboxylic acids is 1. The minimum atomic E-state index is -0.00882. The topological polar surface area (TPSA) is 44.9 Å². The lowest BCUT2D eigenvalue weighted by atomic mass is 10.3. The van der Waals surface area contributed by atoms with Crippen molar-refractivity contribution in [1.82, 2.24) is 10.3 Å². The lowest BCUT2D eigenvalue weighted by molar-refractivity contribution is 0.0945. The number of fused-ring (bicyclic) bond motifs is 1. The van der Waals surface area contributed by atoms with E-state index in [4.69, 9.17) is 11.6 Å². The summed E-state index contributed by atoms with van der Waals surface area (Å²) in [5.74, 6) is 0.662. The highest BCUT2D eigenvalue weighted by molar-refractivity contribution is 7.22. The Morgan fingerprint density at radius 2 is 2.47 bits per heavy atom. The van der Waals surface area contributed by atoms with Crippen molar-refractivity contribution in [3.05, 3.63) is 22.2 Å². The second kappa shape index (κ2) is 4.03. The standard InChI is InChI=1S/C12H13ClN2OS/c1-2-6-3-8(6)14-11(16)9-4-7-5-10(13)17-12(7)15-9/h4-6,8,15H,2-3H2,1H3,(H,14,16)/t6-,8-/m1/s1. The zero-order valence-corrected chi connectivity index (χ0v) is 11.0. The number of halogens is 1. The van der Waals surface area contributed by atoms with Crippen LogP contribution in [0.25, 0.3) is 10.2 Å². The molecule has 0 radical (unpaired) electrons. The van der Waals surface area contributed by atoms with E-state index in [9.17, 15) is 4.79 Å². The van der Waals surface area contributed by atoms with Gasteiger partial charge >= 0.3 is 0 Å². The van der Waals surface area contributed by atoms with Crippen LogP contribution in [0.3, 0.4) is 0 Å². The molecule has 1 aliphatic carbocycles. The molecule has 2 atom stereocenters. The summed E-state index contributed by atoms with van der Waals surface area (Å²) >= 11 is 7.35.